The molecule has 0 aliphatic heterocycles. The molecule has 2 rings (SSSR count). The minimum absolute atomic E-state index is 0.254. The van der Waals surface area contributed by atoms with Gasteiger partial charge in [-0.15, -0.1) is 0 Å². The predicted molar refractivity (Wildman–Crippen MR) is 71.6 cm³/mol. The van der Waals surface area contributed by atoms with E-state index in [1.807, 2.05) is 6.92 Å². The lowest BCUT2D eigenvalue weighted by Crippen LogP contribution is -2.25. The smallest absolute Gasteiger partial charge is 0.274 e. The summed E-state index contributed by atoms with van der Waals surface area (Å²) in [7, 11) is 2.97. The van der Waals surface area contributed by atoms with E-state index >= 15 is 0 Å². The molecule has 106 valence electrons. The number of halogens is 1. The van der Waals surface area contributed by atoms with Crippen LogP contribution >= 0.6 is 0 Å². The molecule has 0 unspecified atom stereocenters. The van der Waals surface area contributed by atoms with Crippen LogP contribution in [0.5, 0.6) is 0 Å². The second-order valence-corrected chi connectivity index (χ2v) is 4.41. The first-order chi connectivity index (χ1) is 9.52. The summed E-state index contributed by atoms with van der Waals surface area (Å²) in [6.07, 6.45) is 1.51. The molecule has 0 radical (unpaired) electrons. The number of hydrogen-bond acceptors (Lipinski definition) is 3. The SMILES string of the molecule is CON(C)C(=O)c1cnn(Cc2ccc(F)cc2)c1C. The van der Waals surface area contributed by atoms with Crippen molar-refractivity contribution < 1.29 is 14.0 Å². The Bertz CT molecular complexity index is 607. The second kappa shape index (κ2) is 5.83. The molecule has 0 aliphatic rings. The minimum atomic E-state index is -0.275. The molecule has 0 fully saturated rings. The highest BCUT2D eigenvalue weighted by Gasteiger charge is 2.18. The van der Waals surface area contributed by atoms with Crippen molar-refractivity contribution in [3.8, 4) is 0 Å². The average Bonchev–Trinajstić information content (AvgIpc) is 2.81. The van der Waals surface area contributed by atoms with E-state index in [0.717, 1.165) is 16.3 Å². The van der Waals surface area contributed by atoms with Crippen LogP contribution in [0.15, 0.2) is 30.5 Å². The van der Waals surface area contributed by atoms with Crippen LogP contribution in [0.1, 0.15) is 21.6 Å². The van der Waals surface area contributed by atoms with Crippen molar-refractivity contribution in [2.75, 3.05) is 14.2 Å². The third kappa shape index (κ3) is 2.85. The van der Waals surface area contributed by atoms with Crippen LogP contribution in [-0.2, 0) is 11.4 Å². The summed E-state index contributed by atoms with van der Waals surface area (Å²) in [5, 5.41) is 5.34. The molecule has 20 heavy (non-hydrogen) atoms. The standard InChI is InChI=1S/C14H16FN3O2/c1-10-13(14(19)17(2)20-3)8-16-18(10)9-11-4-6-12(15)7-5-11/h4-8H,9H2,1-3H3. The van der Waals surface area contributed by atoms with Crippen molar-refractivity contribution in [3.63, 3.8) is 0 Å². The predicted octanol–water partition coefficient (Wildman–Crippen LogP) is 2.01. The van der Waals surface area contributed by atoms with Gasteiger partial charge in [0.15, 0.2) is 0 Å². The van der Waals surface area contributed by atoms with E-state index in [2.05, 4.69) is 5.10 Å². The zero-order valence-electron chi connectivity index (χ0n) is 11.6. The topological polar surface area (TPSA) is 47.4 Å². The van der Waals surface area contributed by atoms with Crippen LogP contribution in [0, 0.1) is 12.7 Å². The molecule has 5 nitrogen and oxygen atoms in total. The number of hydroxylamine groups is 2. The van der Waals surface area contributed by atoms with E-state index in [1.54, 1.807) is 23.9 Å². The molecule has 0 aliphatic carbocycles. The number of rotatable bonds is 4. The van der Waals surface area contributed by atoms with Crippen LogP contribution < -0.4 is 0 Å². The molecule has 1 aromatic heterocycles. The summed E-state index contributed by atoms with van der Waals surface area (Å²) in [6.45, 7) is 2.29. The fourth-order valence-electron chi connectivity index (χ4n) is 1.83. The molecule has 1 amide bonds. The lowest BCUT2D eigenvalue weighted by molar-refractivity contribution is -0.0757. The average molecular weight is 277 g/mol. The first kappa shape index (κ1) is 14.2. The number of carbonyl (C=O) groups excluding carboxylic acids is 1. The Labute approximate surface area is 116 Å². The van der Waals surface area contributed by atoms with Gasteiger partial charge in [-0.1, -0.05) is 12.1 Å². The highest BCUT2D eigenvalue weighted by molar-refractivity contribution is 5.94. The van der Waals surface area contributed by atoms with Crippen molar-refractivity contribution in [3.05, 3.63) is 53.1 Å². The van der Waals surface area contributed by atoms with Gasteiger partial charge in [0, 0.05) is 12.7 Å². The van der Waals surface area contributed by atoms with Crippen LogP contribution in [0.25, 0.3) is 0 Å². The Balaban J connectivity index is 2.20. The van der Waals surface area contributed by atoms with Crippen molar-refractivity contribution >= 4 is 5.91 Å². The molecule has 0 atom stereocenters. The van der Waals surface area contributed by atoms with E-state index in [-0.39, 0.29) is 11.7 Å². The van der Waals surface area contributed by atoms with Gasteiger partial charge in [0.1, 0.15) is 5.82 Å². The number of amides is 1. The third-order valence-corrected chi connectivity index (χ3v) is 3.14. The monoisotopic (exact) mass is 277 g/mol. The van der Waals surface area contributed by atoms with Gasteiger partial charge in [-0.2, -0.15) is 5.10 Å². The Morgan fingerprint density at radius 2 is 2.05 bits per heavy atom. The summed E-state index contributed by atoms with van der Waals surface area (Å²) in [5.74, 6) is -0.529. The third-order valence-electron chi connectivity index (χ3n) is 3.14. The molecule has 6 heteroatoms. The Hall–Kier alpha value is -2.21. The number of hydrogen-bond donors (Lipinski definition) is 0. The first-order valence-electron chi connectivity index (χ1n) is 6.12. The van der Waals surface area contributed by atoms with E-state index in [4.69, 9.17) is 4.84 Å². The lowest BCUT2D eigenvalue weighted by atomic mass is 10.2. The molecule has 0 spiro atoms. The molecular weight excluding hydrogens is 261 g/mol. The maximum absolute atomic E-state index is 12.9. The van der Waals surface area contributed by atoms with Crippen molar-refractivity contribution in [1.29, 1.82) is 0 Å². The fourth-order valence-corrected chi connectivity index (χ4v) is 1.83. The van der Waals surface area contributed by atoms with E-state index in [0.29, 0.717) is 12.1 Å². The van der Waals surface area contributed by atoms with Gasteiger partial charge in [-0.25, -0.2) is 9.45 Å². The van der Waals surface area contributed by atoms with E-state index < -0.39 is 0 Å². The van der Waals surface area contributed by atoms with Crippen molar-refractivity contribution in [1.82, 2.24) is 14.8 Å². The highest BCUT2D eigenvalue weighted by atomic mass is 19.1. The van der Waals surface area contributed by atoms with Crippen LogP contribution in [0.2, 0.25) is 0 Å². The zero-order valence-corrected chi connectivity index (χ0v) is 11.6. The van der Waals surface area contributed by atoms with E-state index in [1.165, 1.54) is 25.4 Å². The van der Waals surface area contributed by atoms with Crippen LogP contribution in [0.3, 0.4) is 0 Å². The van der Waals surface area contributed by atoms with Gasteiger partial charge in [0.05, 0.1) is 25.4 Å². The van der Waals surface area contributed by atoms with Gasteiger partial charge in [0.2, 0.25) is 0 Å². The molecule has 0 saturated heterocycles. The van der Waals surface area contributed by atoms with Crippen LogP contribution in [0.4, 0.5) is 4.39 Å². The highest BCUT2D eigenvalue weighted by Crippen LogP contribution is 2.12. The van der Waals surface area contributed by atoms with Gasteiger partial charge in [0.25, 0.3) is 5.91 Å². The molecule has 0 saturated carbocycles. The lowest BCUT2D eigenvalue weighted by Gasteiger charge is -2.13. The van der Waals surface area contributed by atoms with E-state index in [9.17, 15) is 9.18 Å². The summed E-state index contributed by atoms with van der Waals surface area (Å²) in [4.78, 5) is 16.9. The van der Waals surface area contributed by atoms with Gasteiger partial charge < -0.3 is 0 Å². The largest absolute Gasteiger partial charge is 0.280 e. The number of benzene rings is 1. The molecule has 1 aromatic carbocycles. The summed E-state index contributed by atoms with van der Waals surface area (Å²) in [5.41, 5.74) is 2.14. The number of aromatic nitrogens is 2. The van der Waals surface area contributed by atoms with Crippen molar-refractivity contribution in [2.45, 2.75) is 13.5 Å². The summed E-state index contributed by atoms with van der Waals surface area (Å²) in [6, 6.07) is 6.19. The first-order valence-corrected chi connectivity index (χ1v) is 6.12. The quantitative estimate of drug-likeness (QED) is 0.803. The van der Waals surface area contributed by atoms with Crippen LogP contribution in [-0.4, -0.2) is 34.9 Å². The fraction of sp³-hybridized carbons (Fsp3) is 0.286. The zero-order chi connectivity index (χ0) is 14.7. The maximum Gasteiger partial charge on any atom is 0.280 e. The van der Waals surface area contributed by atoms with Gasteiger partial charge in [-0.3, -0.25) is 14.3 Å². The normalized spacial score (nSPS) is 10.6. The molecule has 1 heterocycles. The second-order valence-electron chi connectivity index (χ2n) is 4.41. The summed E-state index contributed by atoms with van der Waals surface area (Å²) < 4.78 is 14.6. The van der Waals surface area contributed by atoms with Gasteiger partial charge in [-0.05, 0) is 24.6 Å². The van der Waals surface area contributed by atoms with Gasteiger partial charge >= 0.3 is 0 Å². The Morgan fingerprint density at radius 1 is 1.40 bits per heavy atom. The summed E-state index contributed by atoms with van der Waals surface area (Å²) >= 11 is 0. The minimum Gasteiger partial charge on any atom is -0.274 e. The maximum atomic E-state index is 12.9. The molecular formula is C14H16FN3O2. The number of nitrogens with zero attached hydrogens (tertiary/aromatic N) is 3. The molecule has 0 bridgehead atoms. The Kier molecular flexibility index (Phi) is 4.14. The van der Waals surface area contributed by atoms with Crippen molar-refractivity contribution in [2.24, 2.45) is 0 Å². The number of carbonyl (C=O) groups is 1. The molecule has 2 aromatic rings. The Morgan fingerprint density at radius 3 is 2.65 bits per heavy atom. The molecule has 0 N–H and O–H groups in total.